The Hall–Kier alpha value is -2.44. The molecule has 5 atom stereocenters. The average Bonchev–Trinajstić information content (AvgIpc) is 3.21. The van der Waals surface area contributed by atoms with E-state index in [4.69, 9.17) is 14.2 Å². The third-order valence-electron chi connectivity index (χ3n) is 7.49. The fourth-order valence-corrected chi connectivity index (χ4v) is 5.76. The first-order valence-electron chi connectivity index (χ1n) is 10.1. The molecule has 2 aliphatic heterocycles. The van der Waals surface area contributed by atoms with Gasteiger partial charge in [-0.3, -0.25) is 9.59 Å². The highest BCUT2D eigenvalue weighted by atomic mass is 16.6. The van der Waals surface area contributed by atoms with E-state index >= 15 is 0 Å². The average molecular weight is 402 g/mol. The van der Waals surface area contributed by atoms with Gasteiger partial charge in [-0.1, -0.05) is 13.8 Å². The Bertz CT molecular complexity index is 853. The largest absolute Gasteiger partial charge is 0.461 e. The highest BCUT2D eigenvalue weighted by Crippen LogP contribution is 2.63. The van der Waals surface area contributed by atoms with E-state index < -0.39 is 28.9 Å². The summed E-state index contributed by atoms with van der Waals surface area (Å²) in [6.45, 7) is 5.85. The molecule has 1 spiro atoms. The summed E-state index contributed by atoms with van der Waals surface area (Å²) in [4.78, 5) is 48.5. The second-order valence-corrected chi connectivity index (χ2v) is 9.03. The SMILES string of the molecule is CC(=O)O[C@@H]1C=C2C(=O)OC[C@]23CC(=O)[C@@H](C)[C@](C)(CCC2=CC(=O)OC2)[C@H]3C1. The van der Waals surface area contributed by atoms with Crippen molar-refractivity contribution in [2.75, 3.05) is 13.2 Å². The van der Waals surface area contributed by atoms with Crippen LogP contribution in [0.25, 0.3) is 0 Å². The molecule has 0 N–H and O–H groups in total. The van der Waals surface area contributed by atoms with E-state index in [1.807, 2.05) is 6.92 Å². The van der Waals surface area contributed by atoms with Gasteiger partial charge in [0.2, 0.25) is 0 Å². The van der Waals surface area contributed by atoms with Crippen molar-refractivity contribution < 1.29 is 33.4 Å². The topological polar surface area (TPSA) is 96.0 Å². The number of hydrogen-bond donors (Lipinski definition) is 0. The van der Waals surface area contributed by atoms with Gasteiger partial charge in [0.05, 0.1) is 0 Å². The van der Waals surface area contributed by atoms with Crippen LogP contribution < -0.4 is 0 Å². The lowest BCUT2D eigenvalue weighted by Gasteiger charge is -2.56. The molecule has 7 heteroatoms. The lowest BCUT2D eigenvalue weighted by molar-refractivity contribution is -0.155. The molecule has 4 aliphatic rings. The van der Waals surface area contributed by atoms with Gasteiger partial charge in [-0.25, -0.2) is 9.59 Å². The first-order valence-corrected chi connectivity index (χ1v) is 10.1. The van der Waals surface area contributed by atoms with Crippen molar-refractivity contribution in [3.05, 3.63) is 23.3 Å². The summed E-state index contributed by atoms with van der Waals surface area (Å²) in [5, 5.41) is 0. The maximum Gasteiger partial charge on any atom is 0.334 e. The van der Waals surface area contributed by atoms with Gasteiger partial charge < -0.3 is 14.2 Å². The molecule has 0 amide bonds. The minimum absolute atomic E-state index is 0.0582. The molecule has 0 radical (unpaired) electrons. The van der Waals surface area contributed by atoms with Gasteiger partial charge in [0.15, 0.2) is 0 Å². The van der Waals surface area contributed by atoms with Gasteiger partial charge in [-0.15, -0.1) is 0 Å². The zero-order valence-corrected chi connectivity index (χ0v) is 17.0. The Balaban J connectivity index is 1.71. The zero-order chi connectivity index (χ0) is 21.0. The molecular formula is C22H26O7. The van der Waals surface area contributed by atoms with Crippen LogP contribution in [0.5, 0.6) is 0 Å². The summed E-state index contributed by atoms with van der Waals surface area (Å²) in [5.41, 5.74) is 0.290. The zero-order valence-electron chi connectivity index (χ0n) is 17.0. The van der Waals surface area contributed by atoms with E-state index in [1.165, 1.54) is 13.0 Å². The van der Waals surface area contributed by atoms with Crippen molar-refractivity contribution in [2.24, 2.45) is 22.7 Å². The fourth-order valence-electron chi connectivity index (χ4n) is 5.76. The molecule has 2 fully saturated rings. The molecule has 0 aromatic rings. The Morgan fingerprint density at radius 1 is 1.28 bits per heavy atom. The molecule has 1 saturated heterocycles. The van der Waals surface area contributed by atoms with E-state index in [9.17, 15) is 19.2 Å². The van der Waals surface area contributed by atoms with E-state index in [1.54, 1.807) is 6.08 Å². The first-order chi connectivity index (χ1) is 13.7. The molecule has 0 bridgehead atoms. The van der Waals surface area contributed by atoms with Crippen LogP contribution in [0.2, 0.25) is 0 Å². The number of ketones is 1. The lowest BCUT2D eigenvalue weighted by atomic mass is 9.46. The molecule has 0 unspecified atom stereocenters. The smallest absolute Gasteiger partial charge is 0.334 e. The molecule has 7 nitrogen and oxygen atoms in total. The molecule has 1 saturated carbocycles. The van der Waals surface area contributed by atoms with Crippen molar-refractivity contribution in [2.45, 2.75) is 52.6 Å². The summed E-state index contributed by atoms with van der Waals surface area (Å²) < 4.78 is 15.9. The fraction of sp³-hybridized carbons (Fsp3) is 0.636. The Labute approximate surface area is 169 Å². The highest BCUT2D eigenvalue weighted by molar-refractivity contribution is 5.96. The van der Waals surface area contributed by atoms with Gasteiger partial charge in [-0.05, 0) is 42.2 Å². The summed E-state index contributed by atoms with van der Waals surface area (Å²) >= 11 is 0. The first kappa shape index (κ1) is 19.9. The second-order valence-electron chi connectivity index (χ2n) is 9.03. The predicted molar refractivity (Wildman–Crippen MR) is 100 cm³/mol. The van der Waals surface area contributed by atoms with Gasteiger partial charge in [-0.2, -0.15) is 0 Å². The maximum atomic E-state index is 13.0. The third kappa shape index (κ3) is 3.11. The van der Waals surface area contributed by atoms with Crippen LogP contribution in [0.4, 0.5) is 0 Å². The molecule has 0 aromatic heterocycles. The molecule has 156 valence electrons. The summed E-state index contributed by atoms with van der Waals surface area (Å²) in [6, 6.07) is 0. The number of Topliss-reactive ketones (excluding diaryl/α,β-unsaturated/α-hetero) is 1. The van der Waals surface area contributed by atoms with Crippen molar-refractivity contribution in [3.8, 4) is 0 Å². The van der Waals surface area contributed by atoms with Crippen LogP contribution in [0, 0.1) is 22.7 Å². The van der Waals surface area contributed by atoms with Crippen LogP contribution in [0.15, 0.2) is 23.3 Å². The van der Waals surface area contributed by atoms with Crippen molar-refractivity contribution in [1.82, 2.24) is 0 Å². The van der Waals surface area contributed by atoms with Crippen LogP contribution in [0.3, 0.4) is 0 Å². The van der Waals surface area contributed by atoms with Crippen LogP contribution >= 0.6 is 0 Å². The maximum absolute atomic E-state index is 13.0. The minimum Gasteiger partial charge on any atom is -0.461 e. The molecule has 0 aromatic carbocycles. The number of esters is 3. The Morgan fingerprint density at radius 3 is 2.69 bits per heavy atom. The molecule has 2 aliphatic carbocycles. The normalized spacial score (nSPS) is 38.4. The predicted octanol–water partition coefficient (Wildman–Crippen LogP) is 2.29. The van der Waals surface area contributed by atoms with Crippen molar-refractivity contribution >= 4 is 23.7 Å². The molecule has 2 heterocycles. The van der Waals surface area contributed by atoms with E-state index in [0.717, 1.165) is 5.57 Å². The van der Waals surface area contributed by atoms with Crippen molar-refractivity contribution in [1.29, 1.82) is 0 Å². The lowest BCUT2D eigenvalue weighted by Crippen LogP contribution is -2.57. The number of carbonyl (C=O) groups is 4. The Kier molecular flexibility index (Phi) is 4.67. The number of ether oxygens (including phenoxy) is 3. The summed E-state index contributed by atoms with van der Waals surface area (Å²) in [6.07, 6.45) is 4.81. The molecule has 29 heavy (non-hydrogen) atoms. The summed E-state index contributed by atoms with van der Waals surface area (Å²) in [7, 11) is 0. The Morgan fingerprint density at radius 2 is 2.03 bits per heavy atom. The van der Waals surface area contributed by atoms with Crippen molar-refractivity contribution in [3.63, 3.8) is 0 Å². The van der Waals surface area contributed by atoms with Gasteiger partial charge in [0.1, 0.15) is 25.1 Å². The third-order valence-corrected chi connectivity index (χ3v) is 7.49. The second kappa shape index (κ2) is 6.82. The molecular weight excluding hydrogens is 376 g/mol. The minimum atomic E-state index is -0.664. The quantitative estimate of drug-likeness (QED) is 0.526. The highest BCUT2D eigenvalue weighted by Gasteiger charge is 2.64. The monoisotopic (exact) mass is 402 g/mol. The van der Waals surface area contributed by atoms with Gasteiger partial charge in [0.25, 0.3) is 0 Å². The van der Waals surface area contributed by atoms with Gasteiger partial charge in [0, 0.05) is 36.3 Å². The standard InChI is InChI=1S/C22H26O7/c1-12-17(24)9-22-11-28-20(26)16(22)7-15(29-13(2)23)8-18(22)21(12,3)5-4-14-6-19(25)27-10-14/h6-7,12,15,18H,4-5,8-11H2,1-3H3/t12-,15-,18-,21+,22-/m1/s1. The van der Waals surface area contributed by atoms with Crippen LogP contribution in [-0.2, 0) is 33.4 Å². The number of rotatable bonds is 4. The van der Waals surface area contributed by atoms with E-state index in [0.29, 0.717) is 24.8 Å². The van der Waals surface area contributed by atoms with Crippen LogP contribution in [-0.4, -0.2) is 43.0 Å². The van der Waals surface area contributed by atoms with E-state index in [2.05, 4.69) is 6.92 Å². The number of hydrogen-bond acceptors (Lipinski definition) is 7. The van der Waals surface area contributed by atoms with E-state index in [-0.39, 0.29) is 43.2 Å². The number of cyclic esters (lactones) is 2. The van der Waals surface area contributed by atoms with Gasteiger partial charge >= 0.3 is 17.9 Å². The summed E-state index contributed by atoms with van der Waals surface area (Å²) in [5.74, 6) is -1.32. The number of carbonyl (C=O) groups excluding carboxylic acids is 4. The molecule has 4 rings (SSSR count). The van der Waals surface area contributed by atoms with Crippen LogP contribution in [0.1, 0.15) is 46.5 Å².